The van der Waals surface area contributed by atoms with E-state index < -0.39 is 0 Å². The molecule has 0 heterocycles. The summed E-state index contributed by atoms with van der Waals surface area (Å²) in [6.07, 6.45) is 5.13. The summed E-state index contributed by atoms with van der Waals surface area (Å²) in [5.41, 5.74) is 0. The molecule has 2 N–H and O–H groups in total. The Bertz CT molecular complexity index is 183. The number of rotatable bonds is 13. The minimum Gasteiger partial charge on any atom is -0.317 e. The fraction of sp³-hybridized carbons (Fsp3) is 1.00. The molecule has 0 rings (SSSR count). The fourth-order valence-electron chi connectivity index (χ4n) is 1.77. The van der Waals surface area contributed by atoms with Gasteiger partial charge in [0.2, 0.25) is 0 Å². The largest absolute Gasteiger partial charge is 0.317 e. The summed E-state index contributed by atoms with van der Waals surface area (Å²) in [4.78, 5) is 4.42. The van der Waals surface area contributed by atoms with E-state index in [0.717, 1.165) is 25.6 Å². The van der Waals surface area contributed by atoms with Crippen LogP contribution in [0, 0.1) is 5.92 Å². The Morgan fingerprint density at radius 1 is 0.607 bits per heavy atom. The zero-order chi connectivity index (χ0) is 23.2. The van der Waals surface area contributed by atoms with Crippen LogP contribution in [0.4, 0.5) is 0 Å². The van der Waals surface area contributed by atoms with Crippen LogP contribution in [0.3, 0.4) is 0 Å². The Morgan fingerprint density at radius 2 is 1.04 bits per heavy atom. The molecule has 178 valence electrons. The van der Waals surface area contributed by atoms with E-state index in [2.05, 4.69) is 69.4 Å². The highest BCUT2D eigenvalue weighted by Crippen LogP contribution is 1.96. The van der Waals surface area contributed by atoms with Gasteiger partial charge in [-0.15, -0.1) is 0 Å². The van der Waals surface area contributed by atoms with Crippen molar-refractivity contribution in [2.75, 3.05) is 67.5 Å². The van der Waals surface area contributed by atoms with Crippen molar-refractivity contribution in [2.45, 2.75) is 88.0 Å². The molecule has 0 spiro atoms. The Labute approximate surface area is 182 Å². The third kappa shape index (κ3) is 63.5. The molecule has 0 saturated heterocycles. The molecule has 4 nitrogen and oxygen atoms in total. The quantitative estimate of drug-likeness (QED) is 0.390. The minimum atomic E-state index is 0.825. The lowest BCUT2D eigenvalue weighted by molar-refractivity contribution is 0.392. The second-order valence-electron chi connectivity index (χ2n) is 7.00. The molecule has 0 amide bonds. The van der Waals surface area contributed by atoms with Crippen molar-refractivity contribution >= 4 is 0 Å². The van der Waals surface area contributed by atoms with Gasteiger partial charge in [0.25, 0.3) is 0 Å². The second kappa shape index (κ2) is 41.3. The van der Waals surface area contributed by atoms with Crippen molar-refractivity contribution in [3.05, 3.63) is 0 Å². The van der Waals surface area contributed by atoms with E-state index in [1.54, 1.807) is 0 Å². The molecule has 0 bridgehead atoms. The average molecular weight is 407 g/mol. The molecule has 0 saturated carbocycles. The lowest BCUT2D eigenvalue weighted by Gasteiger charge is -2.10. The van der Waals surface area contributed by atoms with E-state index in [9.17, 15) is 0 Å². The smallest absolute Gasteiger partial charge is 0.0101 e. The number of likely N-dealkylation sites (N-methyl/N-ethyl adjacent to an activating group) is 1. The fourth-order valence-corrected chi connectivity index (χ4v) is 1.77. The van der Waals surface area contributed by atoms with E-state index in [1.807, 2.05) is 41.5 Å². The van der Waals surface area contributed by atoms with Crippen LogP contribution in [-0.2, 0) is 0 Å². The van der Waals surface area contributed by atoms with Gasteiger partial charge in [-0.05, 0) is 79.6 Å². The lowest BCUT2D eigenvalue weighted by Crippen LogP contribution is -2.27. The van der Waals surface area contributed by atoms with E-state index in [-0.39, 0.29) is 0 Å². The van der Waals surface area contributed by atoms with Gasteiger partial charge in [-0.3, -0.25) is 0 Å². The summed E-state index contributed by atoms with van der Waals surface area (Å²) in [7, 11) is 8.44. The van der Waals surface area contributed by atoms with Crippen LogP contribution in [0.25, 0.3) is 0 Å². The normalized spacial score (nSPS) is 9.43. The average Bonchev–Trinajstić information content (AvgIpc) is 2.69. The first-order valence-electron chi connectivity index (χ1n) is 12.1. The third-order valence-corrected chi connectivity index (χ3v) is 3.30. The third-order valence-electron chi connectivity index (χ3n) is 3.30. The number of nitrogens with one attached hydrogen (secondary N) is 2. The SMILES string of the molecule is CC.CC.CC.CC(C)CCNCCCN(C)C.CCCCNCCN(C)C. The highest BCUT2D eigenvalue weighted by atomic mass is 15.1. The molecule has 0 fully saturated rings. The van der Waals surface area contributed by atoms with E-state index in [0.29, 0.717) is 0 Å². The summed E-state index contributed by atoms with van der Waals surface area (Å²) >= 11 is 0. The molecule has 28 heavy (non-hydrogen) atoms. The monoisotopic (exact) mass is 406 g/mol. The highest BCUT2D eigenvalue weighted by molar-refractivity contribution is 4.52. The zero-order valence-corrected chi connectivity index (χ0v) is 22.5. The summed E-state index contributed by atoms with van der Waals surface area (Å²) in [5.74, 6) is 0.825. The molecule has 0 aliphatic carbocycles. The summed E-state index contributed by atoms with van der Waals surface area (Å²) in [5, 5.41) is 6.82. The zero-order valence-electron chi connectivity index (χ0n) is 22.5. The Hall–Kier alpha value is -0.160. The first-order chi connectivity index (χ1) is 13.4. The van der Waals surface area contributed by atoms with Crippen LogP contribution in [0.2, 0.25) is 0 Å². The molecule has 0 aromatic rings. The van der Waals surface area contributed by atoms with Gasteiger partial charge in [0, 0.05) is 13.1 Å². The van der Waals surface area contributed by atoms with E-state index >= 15 is 0 Å². The summed E-state index contributed by atoms with van der Waals surface area (Å²) in [6.45, 7) is 25.7. The van der Waals surface area contributed by atoms with Crippen molar-refractivity contribution in [1.82, 2.24) is 20.4 Å². The van der Waals surface area contributed by atoms with Gasteiger partial charge in [-0.1, -0.05) is 68.7 Å². The van der Waals surface area contributed by atoms with Gasteiger partial charge in [0.15, 0.2) is 0 Å². The van der Waals surface area contributed by atoms with Gasteiger partial charge in [0.05, 0.1) is 0 Å². The number of nitrogens with zero attached hydrogens (tertiary/aromatic N) is 2. The van der Waals surface area contributed by atoms with Crippen LogP contribution < -0.4 is 10.6 Å². The van der Waals surface area contributed by atoms with Crippen molar-refractivity contribution in [3.63, 3.8) is 0 Å². The standard InChI is InChI=1S/C10H24N2.C8H20N2.3C2H6/c1-10(2)6-8-11-7-5-9-12(3)4;1-4-5-6-9-7-8-10(2)3;3*1-2/h10-11H,5-9H2,1-4H3;9H,4-8H2,1-3H3;3*1-2H3. The van der Waals surface area contributed by atoms with Crippen LogP contribution in [0.5, 0.6) is 0 Å². The maximum absolute atomic E-state index is 3.45. The number of unbranched alkanes of at least 4 members (excludes halogenated alkanes) is 1. The number of hydrogen-bond acceptors (Lipinski definition) is 4. The van der Waals surface area contributed by atoms with Crippen LogP contribution in [0.1, 0.15) is 88.0 Å². The van der Waals surface area contributed by atoms with Gasteiger partial charge in [-0.25, -0.2) is 0 Å². The Kier molecular flexibility index (Phi) is 56.7. The first-order valence-corrected chi connectivity index (χ1v) is 12.1. The molecule has 0 aromatic heterocycles. The van der Waals surface area contributed by atoms with Crippen LogP contribution in [0.15, 0.2) is 0 Å². The predicted molar refractivity (Wildman–Crippen MR) is 136 cm³/mol. The highest BCUT2D eigenvalue weighted by Gasteiger charge is 1.93. The van der Waals surface area contributed by atoms with Gasteiger partial charge >= 0.3 is 0 Å². The van der Waals surface area contributed by atoms with Gasteiger partial charge in [-0.2, -0.15) is 0 Å². The number of hydrogen-bond donors (Lipinski definition) is 2. The molecular weight excluding hydrogens is 344 g/mol. The molecule has 0 unspecified atom stereocenters. The first kappa shape index (κ1) is 38.4. The summed E-state index contributed by atoms with van der Waals surface area (Å²) < 4.78 is 0. The Balaban J connectivity index is -0.0000000999. The maximum atomic E-state index is 3.45. The predicted octanol–water partition coefficient (Wildman–Crippen LogP) is 5.59. The van der Waals surface area contributed by atoms with Crippen molar-refractivity contribution < 1.29 is 0 Å². The summed E-state index contributed by atoms with van der Waals surface area (Å²) in [6, 6.07) is 0. The van der Waals surface area contributed by atoms with E-state index in [1.165, 1.54) is 45.3 Å². The molecule has 0 aliphatic rings. The van der Waals surface area contributed by atoms with Gasteiger partial charge in [0.1, 0.15) is 0 Å². The molecule has 0 radical (unpaired) electrons. The van der Waals surface area contributed by atoms with Crippen LogP contribution >= 0.6 is 0 Å². The molecule has 0 aliphatic heterocycles. The second-order valence-corrected chi connectivity index (χ2v) is 7.00. The lowest BCUT2D eigenvalue weighted by atomic mass is 10.1. The van der Waals surface area contributed by atoms with Gasteiger partial charge < -0.3 is 20.4 Å². The maximum Gasteiger partial charge on any atom is 0.0101 e. The minimum absolute atomic E-state index is 0.825. The molecular formula is C24H62N4. The molecule has 0 atom stereocenters. The van der Waals surface area contributed by atoms with E-state index in [4.69, 9.17) is 0 Å². The van der Waals surface area contributed by atoms with Crippen LogP contribution in [-0.4, -0.2) is 77.3 Å². The van der Waals surface area contributed by atoms with Crippen molar-refractivity contribution in [2.24, 2.45) is 5.92 Å². The molecule has 4 heteroatoms. The molecule has 0 aromatic carbocycles. The Morgan fingerprint density at radius 3 is 1.43 bits per heavy atom. The van der Waals surface area contributed by atoms with Crippen molar-refractivity contribution in [3.8, 4) is 0 Å². The topological polar surface area (TPSA) is 30.5 Å². The van der Waals surface area contributed by atoms with Crippen molar-refractivity contribution in [1.29, 1.82) is 0 Å².